The highest BCUT2D eigenvalue weighted by molar-refractivity contribution is 7.85. The number of aryl methyl sites for hydroxylation is 1. The van der Waals surface area contributed by atoms with Gasteiger partial charge in [0.25, 0.3) is 11.8 Å². The third-order valence-electron chi connectivity index (χ3n) is 6.38. The Kier molecular flexibility index (Phi) is 6.97. The van der Waals surface area contributed by atoms with Crippen LogP contribution in [0.5, 0.6) is 0 Å². The SMILES string of the molecule is Cc1ccc(CCNC(=O)c2ccc3c(c2)N(Cc2ccccc2F)C(=O)c2ccccc2[S@@]3=O)cc1. The number of rotatable bonds is 6. The summed E-state index contributed by atoms with van der Waals surface area (Å²) < 4.78 is 28.1. The number of fused-ring (bicyclic) bond motifs is 2. The van der Waals surface area contributed by atoms with Gasteiger partial charge in [0.05, 0.1) is 38.4 Å². The minimum atomic E-state index is -1.65. The van der Waals surface area contributed by atoms with Crippen molar-refractivity contribution in [3.63, 3.8) is 0 Å². The van der Waals surface area contributed by atoms with Crippen molar-refractivity contribution in [1.29, 1.82) is 0 Å². The molecule has 186 valence electrons. The Morgan fingerprint density at radius 2 is 1.65 bits per heavy atom. The first-order valence-corrected chi connectivity index (χ1v) is 13.1. The van der Waals surface area contributed by atoms with E-state index in [1.54, 1.807) is 60.7 Å². The lowest BCUT2D eigenvalue weighted by molar-refractivity contribution is 0.0950. The zero-order valence-electron chi connectivity index (χ0n) is 20.2. The summed E-state index contributed by atoms with van der Waals surface area (Å²) in [7, 11) is -1.65. The van der Waals surface area contributed by atoms with Gasteiger partial charge in [0.2, 0.25) is 0 Å². The largest absolute Gasteiger partial charge is 0.352 e. The number of halogens is 1. The molecule has 0 aromatic heterocycles. The van der Waals surface area contributed by atoms with Crippen molar-refractivity contribution in [3.05, 3.63) is 125 Å². The molecular weight excluding hydrogens is 487 g/mol. The Labute approximate surface area is 217 Å². The Bertz CT molecular complexity index is 1520. The fraction of sp³-hybridized carbons (Fsp3) is 0.133. The predicted octanol–water partition coefficient (Wildman–Crippen LogP) is 5.43. The molecule has 5 rings (SSSR count). The van der Waals surface area contributed by atoms with E-state index in [1.165, 1.54) is 16.5 Å². The zero-order chi connectivity index (χ0) is 25.9. The van der Waals surface area contributed by atoms with E-state index in [-0.39, 0.29) is 18.0 Å². The van der Waals surface area contributed by atoms with Crippen LogP contribution in [0.2, 0.25) is 0 Å². The average molecular weight is 513 g/mol. The van der Waals surface area contributed by atoms with Gasteiger partial charge >= 0.3 is 0 Å². The molecular formula is C30H25FN2O3S. The Morgan fingerprint density at radius 3 is 2.43 bits per heavy atom. The van der Waals surface area contributed by atoms with Crippen molar-refractivity contribution in [2.45, 2.75) is 29.7 Å². The van der Waals surface area contributed by atoms with E-state index in [1.807, 2.05) is 31.2 Å². The fourth-order valence-electron chi connectivity index (χ4n) is 4.34. The number of nitrogens with one attached hydrogen (secondary N) is 1. The maximum atomic E-state index is 14.6. The highest BCUT2D eigenvalue weighted by Gasteiger charge is 2.32. The first-order valence-electron chi connectivity index (χ1n) is 12.0. The molecule has 1 N–H and O–H groups in total. The summed E-state index contributed by atoms with van der Waals surface area (Å²) >= 11 is 0. The minimum absolute atomic E-state index is 0.0669. The number of anilines is 1. The third kappa shape index (κ3) is 5.08. The molecule has 1 atom stereocenters. The van der Waals surface area contributed by atoms with Crippen molar-refractivity contribution in [3.8, 4) is 0 Å². The maximum Gasteiger partial charge on any atom is 0.259 e. The van der Waals surface area contributed by atoms with Gasteiger partial charge in [-0.1, -0.05) is 60.2 Å². The summed E-state index contributed by atoms with van der Waals surface area (Å²) in [5.41, 5.74) is 3.55. The predicted molar refractivity (Wildman–Crippen MR) is 142 cm³/mol. The van der Waals surface area contributed by atoms with Gasteiger partial charge in [-0.05, 0) is 55.3 Å². The second kappa shape index (κ2) is 10.5. The van der Waals surface area contributed by atoms with Crippen molar-refractivity contribution in [1.82, 2.24) is 5.32 Å². The number of amides is 2. The lowest BCUT2D eigenvalue weighted by Crippen LogP contribution is -2.31. The summed E-state index contributed by atoms with van der Waals surface area (Å²) in [5.74, 6) is -1.15. The van der Waals surface area contributed by atoms with Gasteiger partial charge in [-0.15, -0.1) is 0 Å². The fourth-order valence-corrected chi connectivity index (χ4v) is 5.68. The molecule has 2 amide bonds. The van der Waals surface area contributed by atoms with Crippen LogP contribution in [0.1, 0.15) is 37.4 Å². The van der Waals surface area contributed by atoms with Crippen LogP contribution in [0.3, 0.4) is 0 Å². The van der Waals surface area contributed by atoms with Crippen molar-refractivity contribution >= 4 is 28.3 Å². The second-order valence-corrected chi connectivity index (χ2v) is 10.3. The molecule has 0 bridgehead atoms. The van der Waals surface area contributed by atoms with Gasteiger partial charge in [-0.3, -0.25) is 9.59 Å². The van der Waals surface area contributed by atoms with Crippen molar-refractivity contribution in [2.24, 2.45) is 0 Å². The highest BCUT2D eigenvalue weighted by Crippen LogP contribution is 2.36. The summed E-state index contributed by atoms with van der Waals surface area (Å²) in [6, 6.07) is 25.9. The van der Waals surface area contributed by atoms with Crippen LogP contribution in [-0.2, 0) is 23.8 Å². The number of carbonyl (C=O) groups excluding carboxylic acids is 2. The molecule has 0 saturated carbocycles. The molecule has 4 aromatic carbocycles. The lowest BCUT2D eigenvalue weighted by Gasteiger charge is -2.24. The normalized spacial score (nSPS) is 14.5. The number of benzene rings is 4. The van der Waals surface area contributed by atoms with E-state index in [2.05, 4.69) is 5.32 Å². The first-order chi connectivity index (χ1) is 17.9. The minimum Gasteiger partial charge on any atom is -0.352 e. The number of hydrogen-bond acceptors (Lipinski definition) is 3. The Balaban J connectivity index is 1.47. The molecule has 5 nitrogen and oxygen atoms in total. The van der Waals surface area contributed by atoms with Crippen molar-refractivity contribution < 1.29 is 18.2 Å². The van der Waals surface area contributed by atoms with Gasteiger partial charge in [-0.2, -0.15) is 0 Å². The van der Waals surface area contributed by atoms with Gasteiger partial charge in [0.1, 0.15) is 5.82 Å². The molecule has 1 heterocycles. The Hall–Kier alpha value is -4.10. The van der Waals surface area contributed by atoms with Gasteiger partial charge in [0.15, 0.2) is 0 Å². The molecule has 0 aliphatic carbocycles. The van der Waals surface area contributed by atoms with Crippen LogP contribution in [-0.4, -0.2) is 22.6 Å². The Morgan fingerprint density at radius 1 is 0.919 bits per heavy atom. The molecule has 7 heteroatoms. The first kappa shape index (κ1) is 24.6. The van der Waals surface area contributed by atoms with Crippen LogP contribution in [0.4, 0.5) is 10.1 Å². The summed E-state index contributed by atoms with van der Waals surface area (Å²) in [4.78, 5) is 28.9. The van der Waals surface area contributed by atoms with E-state index in [0.29, 0.717) is 39.6 Å². The van der Waals surface area contributed by atoms with Crippen LogP contribution >= 0.6 is 0 Å². The van der Waals surface area contributed by atoms with Crippen LogP contribution < -0.4 is 10.2 Å². The molecule has 0 spiro atoms. The molecule has 0 radical (unpaired) electrons. The topological polar surface area (TPSA) is 66.5 Å². The quantitative estimate of drug-likeness (QED) is 0.375. The monoisotopic (exact) mass is 512 g/mol. The molecule has 0 fully saturated rings. The number of nitrogens with zero attached hydrogens (tertiary/aromatic N) is 1. The summed E-state index contributed by atoms with van der Waals surface area (Å²) in [5, 5.41) is 2.92. The zero-order valence-corrected chi connectivity index (χ0v) is 21.1. The average Bonchev–Trinajstić information content (AvgIpc) is 3.00. The molecule has 1 aliphatic heterocycles. The number of hydrogen-bond donors (Lipinski definition) is 1. The van der Waals surface area contributed by atoms with E-state index >= 15 is 0 Å². The van der Waals surface area contributed by atoms with E-state index in [0.717, 1.165) is 5.56 Å². The number of carbonyl (C=O) groups is 2. The lowest BCUT2D eigenvalue weighted by atomic mass is 10.1. The standard InChI is InChI=1S/C30H25FN2O3S/c1-20-10-12-21(13-11-20)16-17-32-29(34)22-14-15-28-26(18-22)33(19-23-6-2-4-8-25(23)31)30(35)24-7-3-5-9-27(24)37(28)36/h2-15,18H,16-17,19H2,1H3,(H,32,34)/t37-/m0/s1. The van der Waals surface area contributed by atoms with Crippen LogP contribution in [0.25, 0.3) is 0 Å². The second-order valence-electron chi connectivity index (χ2n) is 8.92. The summed E-state index contributed by atoms with van der Waals surface area (Å²) in [6.07, 6.45) is 0.675. The highest BCUT2D eigenvalue weighted by atomic mass is 32.2. The van der Waals surface area contributed by atoms with Gasteiger partial charge in [0, 0.05) is 17.7 Å². The molecule has 37 heavy (non-hydrogen) atoms. The van der Waals surface area contributed by atoms with E-state index in [4.69, 9.17) is 0 Å². The van der Waals surface area contributed by atoms with E-state index < -0.39 is 22.5 Å². The molecule has 0 unspecified atom stereocenters. The molecule has 1 aliphatic rings. The van der Waals surface area contributed by atoms with Crippen molar-refractivity contribution in [2.75, 3.05) is 11.4 Å². The summed E-state index contributed by atoms with van der Waals surface area (Å²) in [6.45, 7) is 2.40. The van der Waals surface area contributed by atoms with Crippen LogP contribution in [0.15, 0.2) is 101 Å². The maximum absolute atomic E-state index is 14.6. The third-order valence-corrected chi connectivity index (χ3v) is 7.88. The van der Waals surface area contributed by atoms with Gasteiger partial charge in [-0.25, -0.2) is 8.60 Å². The molecule has 4 aromatic rings. The van der Waals surface area contributed by atoms with Crippen LogP contribution in [0, 0.1) is 12.7 Å². The smallest absolute Gasteiger partial charge is 0.259 e. The van der Waals surface area contributed by atoms with E-state index in [9.17, 15) is 18.2 Å². The molecule has 0 saturated heterocycles. The van der Waals surface area contributed by atoms with Gasteiger partial charge < -0.3 is 10.2 Å².